The van der Waals surface area contributed by atoms with Crippen molar-refractivity contribution < 1.29 is 0 Å². The molecule has 0 amide bonds. The number of nitrogens with one attached hydrogen (secondary N) is 1. The number of fused-ring (bicyclic) bond motifs is 3. The molecule has 0 saturated carbocycles. The molecule has 0 saturated heterocycles. The molecule has 3 rings (SSSR count). The van der Waals surface area contributed by atoms with Crippen LogP contribution in [0.1, 0.15) is 30.4 Å². The molecule has 0 aliphatic heterocycles. The summed E-state index contributed by atoms with van der Waals surface area (Å²) in [7, 11) is 0. The lowest BCUT2D eigenvalue weighted by molar-refractivity contribution is 0.707. The number of nitrogens with two attached hydrogens (primary N) is 1. The first-order valence-electron chi connectivity index (χ1n) is 7.54. The second-order valence-corrected chi connectivity index (χ2v) is 5.44. The SMILES string of the molecule is NCCCCCNc1cccc2c1Cc1ccccc1-2. The van der Waals surface area contributed by atoms with Crippen molar-refractivity contribution in [3.63, 3.8) is 0 Å². The molecular formula is C18H22N2. The summed E-state index contributed by atoms with van der Waals surface area (Å²) < 4.78 is 0. The van der Waals surface area contributed by atoms with Crippen molar-refractivity contribution in [2.75, 3.05) is 18.4 Å². The minimum Gasteiger partial charge on any atom is -0.385 e. The Hall–Kier alpha value is -1.80. The van der Waals surface area contributed by atoms with E-state index >= 15 is 0 Å². The number of hydrogen-bond acceptors (Lipinski definition) is 2. The van der Waals surface area contributed by atoms with Crippen molar-refractivity contribution in [3.05, 3.63) is 53.6 Å². The van der Waals surface area contributed by atoms with Crippen LogP contribution in [0.25, 0.3) is 11.1 Å². The average Bonchev–Trinajstić information content (AvgIpc) is 2.87. The summed E-state index contributed by atoms with van der Waals surface area (Å²) in [6, 6.07) is 15.3. The van der Waals surface area contributed by atoms with Crippen LogP contribution >= 0.6 is 0 Å². The smallest absolute Gasteiger partial charge is 0.0382 e. The number of unbranched alkanes of at least 4 members (excludes halogenated alkanes) is 2. The van der Waals surface area contributed by atoms with E-state index in [1.165, 1.54) is 40.8 Å². The van der Waals surface area contributed by atoms with Crippen molar-refractivity contribution in [2.45, 2.75) is 25.7 Å². The summed E-state index contributed by atoms with van der Waals surface area (Å²) in [5.74, 6) is 0. The molecule has 0 heterocycles. The highest BCUT2D eigenvalue weighted by molar-refractivity contribution is 5.81. The second-order valence-electron chi connectivity index (χ2n) is 5.44. The zero-order valence-electron chi connectivity index (χ0n) is 11.9. The van der Waals surface area contributed by atoms with E-state index in [2.05, 4.69) is 47.8 Å². The number of anilines is 1. The molecule has 1 aliphatic carbocycles. The van der Waals surface area contributed by atoms with Gasteiger partial charge in [0.15, 0.2) is 0 Å². The fraction of sp³-hybridized carbons (Fsp3) is 0.333. The van der Waals surface area contributed by atoms with Crippen LogP contribution in [0.2, 0.25) is 0 Å². The largest absolute Gasteiger partial charge is 0.385 e. The molecule has 2 aromatic carbocycles. The van der Waals surface area contributed by atoms with Crippen molar-refractivity contribution in [3.8, 4) is 11.1 Å². The summed E-state index contributed by atoms with van der Waals surface area (Å²) in [5, 5.41) is 3.60. The van der Waals surface area contributed by atoms with Crippen molar-refractivity contribution in [1.29, 1.82) is 0 Å². The monoisotopic (exact) mass is 266 g/mol. The Labute approximate surface area is 121 Å². The van der Waals surface area contributed by atoms with Gasteiger partial charge in [0.05, 0.1) is 0 Å². The van der Waals surface area contributed by atoms with Gasteiger partial charge in [0.25, 0.3) is 0 Å². The number of hydrogen-bond donors (Lipinski definition) is 2. The maximum atomic E-state index is 5.52. The van der Waals surface area contributed by atoms with Crippen LogP contribution < -0.4 is 11.1 Å². The minimum absolute atomic E-state index is 0.802. The molecule has 0 radical (unpaired) electrons. The predicted octanol–water partition coefficient (Wildman–Crippen LogP) is 3.80. The summed E-state index contributed by atoms with van der Waals surface area (Å²) in [6.45, 7) is 1.84. The van der Waals surface area contributed by atoms with Crippen molar-refractivity contribution in [2.24, 2.45) is 5.73 Å². The van der Waals surface area contributed by atoms with Crippen LogP contribution in [-0.2, 0) is 6.42 Å². The number of rotatable bonds is 6. The fourth-order valence-electron chi connectivity index (χ4n) is 2.99. The lowest BCUT2D eigenvalue weighted by atomic mass is 10.0. The predicted molar refractivity (Wildman–Crippen MR) is 86.1 cm³/mol. The van der Waals surface area contributed by atoms with E-state index in [9.17, 15) is 0 Å². The Morgan fingerprint density at radius 3 is 2.65 bits per heavy atom. The highest BCUT2D eigenvalue weighted by Gasteiger charge is 2.19. The average molecular weight is 266 g/mol. The van der Waals surface area contributed by atoms with E-state index in [1.807, 2.05) is 0 Å². The zero-order chi connectivity index (χ0) is 13.8. The van der Waals surface area contributed by atoms with Gasteiger partial charge in [-0.25, -0.2) is 0 Å². The maximum absolute atomic E-state index is 5.52. The van der Waals surface area contributed by atoms with Crippen LogP contribution in [0.3, 0.4) is 0 Å². The maximum Gasteiger partial charge on any atom is 0.0382 e. The number of benzene rings is 2. The molecule has 104 valence electrons. The fourth-order valence-corrected chi connectivity index (χ4v) is 2.99. The highest BCUT2D eigenvalue weighted by Crippen LogP contribution is 2.39. The molecule has 0 unspecified atom stereocenters. The molecule has 20 heavy (non-hydrogen) atoms. The van der Waals surface area contributed by atoms with E-state index in [4.69, 9.17) is 5.73 Å². The van der Waals surface area contributed by atoms with Gasteiger partial charge in [0.1, 0.15) is 0 Å². The molecule has 0 bridgehead atoms. The Morgan fingerprint density at radius 1 is 0.900 bits per heavy atom. The summed E-state index contributed by atoms with van der Waals surface area (Å²) >= 11 is 0. The van der Waals surface area contributed by atoms with E-state index in [1.54, 1.807) is 0 Å². The topological polar surface area (TPSA) is 38.0 Å². The molecule has 3 N–H and O–H groups in total. The van der Waals surface area contributed by atoms with Crippen LogP contribution in [0.4, 0.5) is 5.69 Å². The summed E-state index contributed by atoms with van der Waals surface area (Å²) in [4.78, 5) is 0. The Morgan fingerprint density at radius 2 is 1.75 bits per heavy atom. The van der Waals surface area contributed by atoms with Crippen molar-refractivity contribution in [1.82, 2.24) is 0 Å². The Balaban J connectivity index is 1.73. The quantitative estimate of drug-likeness (QED) is 0.666. The van der Waals surface area contributed by atoms with E-state index in [0.717, 1.165) is 25.9 Å². The molecule has 0 aromatic heterocycles. The summed E-state index contributed by atoms with van der Waals surface area (Å²) in [6.07, 6.45) is 4.57. The zero-order valence-corrected chi connectivity index (χ0v) is 11.9. The summed E-state index contributed by atoms with van der Waals surface area (Å²) in [5.41, 5.74) is 12.5. The highest BCUT2D eigenvalue weighted by atomic mass is 14.9. The molecule has 2 heteroatoms. The van der Waals surface area contributed by atoms with Crippen molar-refractivity contribution >= 4 is 5.69 Å². The van der Waals surface area contributed by atoms with E-state index in [-0.39, 0.29) is 0 Å². The molecule has 2 nitrogen and oxygen atoms in total. The van der Waals surface area contributed by atoms with Gasteiger partial charge >= 0.3 is 0 Å². The standard InChI is InChI=1S/C18H22N2/c19-11-4-1-5-12-20-18-10-6-9-16-15-8-3-2-7-14(15)13-17(16)18/h2-3,6-10,20H,1,4-5,11-13,19H2. The molecule has 0 spiro atoms. The minimum atomic E-state index is 0.802. The molecule has 2 aromatic rings. The first kappa shape index (κ1) is 13.2. The van der Waals surface area contributed by atoms with Crippen LogP contribution in [-0.4, -0.2) is 13.1 Å². The van der Waals surface area contributed by atoms with Crippen LogP contribution in [0.5, 0.6) is 0 Å². The Kier molecular flexibility index (Phi) is 4.03. The van der Waals surface area contributed by atoms with Crippen LogP contribution in [0, 0.1) is 0 Å². The van der Waals surface area contributed by atoms with Gasteiger partial charge in [-0.2, -0.15) is 0 Å². The van der Waals surface area contributed by atoms with Gasteiger partial charge in [-0.3, -0.25) is 0 Å². The van der Waals surface area contributed by atoms with Gasteiger partial charge in [-0.1, -0.05) is 42.8 Å². The lowest BCUT2D eigenvalue weighted by Crippen LogP contribution is -2.05. The third kappa shape index (κ3) is 2.56. The van der Waals surface area contributed by atoms with Crippen LogP contribution in [0.15, 0.2) is 42.5 Å². The van der Waals surface area contributed by atoms with Gasteiger partial charge in [-0.05, 0) is 47.7 Å². The molecule has 0 fully saturated rings. The molecule has 1 aliphatic rings. The normalized spacial score (nSPS) is 12.1. The third-order valence-electron chi connectivity index (χ3n) is 4.05. The van der Waals surface area contributed by atoms with Gasteiger partial charge in [-0.15, -0.1) is 0 Å². The molecule has 0 atom stereocenters. The first-order valence-corrected chi connectivity index (χ1v) is 7.54. The van der Waals surface area contributed by atoms with E-state index in [0.29, 0.717) is 0 Å². The Bertz CT molecular complexity index is 590. The van der Waals surface area contributed by atoms with Gasteiger partial charge < -0.3 is 11.1 Å². The second kappa shape index (κ2) is 6.10. The van der Waals surface area contributed by atoms with Gasteiger partial charge in [0, 0.05) is 18.7 Å². The van der Waals surface area contributed by atoms with Gasteiger partial charge in [0.2, 0.25) is 0 Å². The third-order valence-corrected chi connectivity index (χ3v) is 4.05. The first-order chi connectivity index (χ1) is 9.90. The lowest BCUT2D eigenvalue weighted by Gasteiger charge is -2.11. The van der Waals surface area contributed by atoms with E-state index < -0.39 is 0 Å². The molecular weight excluding hydrogens is 244 g/mol.